The summed E-state index contributed by atoms with van der Waals surface area (Å²) < 4.78 is 0. The van der Waals surface area contributed by atoms with Gasteiger partial charge in [0.15, 0.2) is 0 Å². The van der Waals surface area contributed by atoms with Gasteiger partial charge in [-0.1, -0.05) is 47.5 Å². The summed E-state index contributed by atoms with van der Waals surface area (Å²) in [6, 6.07) is 20.3. The van der Waals surface area contributed by atoms with Gasteiger partial charge in [-0.3, -0.25) is 9.88 Å². The van der Waals surface area contributed by atoms with E-state index < -0.39 is 0 Å². The second kappa shape index (κ2) is 8.79. The first kappa shape index (κ1) is 20.8. The van der Waals surface area contributed by atoms with Crippen molar-refractivity contribution in [3.05, 3.63) is 99.8 Å². The van der Waals surface area contributed by atoms with Crippen LogP contribution in [0.2, 0.25) is 5.02 Å². The van der Waals surface area contributed by atoms with Crippen LogP contribution in [0.3, 0.4) is 0 Å². The molecule has 1 fully saturated rings. The Balaban J connectivity index is 1.46. The Morgan fingerprint density at radius 1 is 0.938 bits per heavy atom. The van der Waals surface area contributed by atoms with E-state index in [1.165, 1.54) is 27.8 Å². The van der Waals surface area contributed by atoms with Gasteiger partial charge in [0.05, 0.1) is 5.69 Å². The van der Waals surface area contributed by atoms with Gasteiger partial charge >= 0.3 is 6.03 Å². The van der Waals surface area contributed by atoms with E-state index in [0.717, 1.165) is 42.1 Å². The number of rotatable bonds is 1. The number of anilines is 1. The van der Waals surface area contributed by atoms with Crippen molar-refractivity contribution in [1.82, 2.24) is 9.88 Å². The first-order valence-corrected chi connectivity index (χ1v) is 11.5. The monoisotopic (exact) mass is 443 g/mol. The number of aryl methyl sites for hydroxylation is 2. The second-order valence-electron chi connectivity index (χ2n) is 8.46. The molecule has 1 aliphatic carbocycles. The molecule has 1 saturated heterocycles. The van der Waals surface area contributed by atoms with Crippen LogP contribution in [0.15, 0.2) is 72.4 Å². The maximum Gasteiger partial charge on any atom is 0.324 e. The molecule has 1 aromatic heterocycles. The molecule has 32 heavy (non-hydrogen) atoms. The van der Waals surface area contributed by atoms with Crippen molar-refractivity contribution >= 4 is 28.9 Å². The number of hydrogen-bond donors (Lipinski definition) is 0. The van der Waals surface area contributed by atoms with E-state index in [-0.39, 0.29) is 6.03 Å². The third-order valence-corrected chi connectivity index (χ3v) is 6.78. The molecule has 0 unspecified atom stereocenters. The van der Waals surface area contributed by atoms with Crippen molar-refractivity contribution < 1.29 is 4.79 Å². The number of urea groups is 1. The fraction of sp³-hybridized carbons (Fsp3) is 0.259. The minimum absolute atomic E-state index is 0.0480. The van der Waals surface area contributed by atoms with Gasteiger partial charge in [-0.15, -0.1) is 0 Å². The van der Waals surface area contributed by atoms with Crippen LogP contribution in [-0.4, -0.2) is 36.1 Å². The summed E-state index contributed by atoms with van der Waals surface area (Å²) >= 11 is 6.33. The van der Waals surface area contributed by atoms with Crippen LogP contribution in [0.25, 0.3) is 5.57 Å². The molecule has 2 heterocycles. The van der Waals surface area contributed by atoms with E-state index in [1.54, 1.807) is 4.90 Å². The summed E-state index contributed by atoms with van der Waals surface area (Å²) in [6.07, 6.45) is 5.50. The third kappa shape index (κ3) is 3.91. The number of carbonyl (C=O) groups excluding carboxylic acids is 1. The molecular formula is C27H26ClN3O. The lowest BCUT2D eigenvalue weighted by molar-refractivity contribution is 0.202. The molecule has 4 nitrogen and oxygen atoms in total. The van der Waals surface area contributed by atoms with Crippen molar-refractivity contribution in [2.75, 3.05) is 25.0 Å². The molecule has 3 aromatic rings. The number of amides is 2. The van der Waals surface area contributed by atoms with Crippen LogP contribution < -0.4 is 4.90 Å². The van der Waals surface area contributed by atoms with Crippen LogP contribution in [0.4, 0.5) is 10.5 Å². The number of piperidine rings is 1. The molecule has 162 valence electrons. The van der Waals surface area contributed by atoms with Gasteiger partial charge in [-0.25, -0.2) is 4.79 Å². The maximum absolute atomic E-state index is 13.1. The predicted molar refractivity (Wildman–Crippen MR) is 130 cm³/mol. The first-order valence-electron chi connectivity index (χ1n) is 11.1. The highest BCUT2D eigenvalue weighted by Gasteiger charge is 2.27. The largest absolute Gasteiger partial charge is 0.324 e. The molecule has 1 aliphatic heterocycles. The standard InChI is InChI=1S/C27H26ClN3O/c1-30(23-7-3-2-4-8-23)27(32)31-16-13-19(14-17-31)25-24-12-11-22(28)18-21(24)10-9-20-6-5-15-29-26(20)25/h2-8,11-12,15,18H,9-10,13-14,16-17H2,1H3. The molecule has 2 aliphatic rings. The van der Waals surface area contributed by atoms with Crippen molar-refractivity contribution in [3.63, 3.8) is 0 Å². The van der Waals surface area contributed by atoms with Crippen LogP contribution in [0.5, 0.6) is 0 Å². The molecule has 0 N–H and O–H groups in total. The van der Waals surface area contributed by atoms with E-state index in [1.807, 2.05) is 60.6 Å². The Labute approximate surface area is 194 Å². The third-order valence-electron chi connectivity index (χ3n) is 6.55. The predicted octanol–water partition coefficient (Wildman–Crippen LogP) is 5.99. The molecular weight excluding hydrogens is 418 g/mol. The number of hydrogen-bond acceptors (Lipinski definition) is 2. The summed E-state index contributed by atoms with van der Waals surface area (Å²) in [5.74, 6) is 0. The zero-order chi connectivity index (χ0) is 22.1. The fourth-order valence-electron chi connectivity index (χ4n) is 4.83. The highest BCUT2D eigenvalue weighted by atomic mass is 35.5. The van der Waals surface area contributed by atoms with Gasteiger partial charge in [0.1, 0.15) is 0 Å². The van der Waals surface area contributed by atoms with Crippen molar-refractivity contribution in [1.29, 1.82) is 0 Å². The number of likely N-dealkylation sites (tertiary alicyclic amines) is 1. The molecule has 5 heteroatoms. The Kier molecular flexibility index (Phi) is 5.71. The van der Waals surface area contributed by atoms with Crippen molar-refractivity contribution in [2.24, 2.45) is 0 Å². The molecule has 0 saturated carbocycles. The maximum atomic E-state index is 13.1. The molecule has 0 radical (unpaired) electrons. The lowest BCUT2D eigenvalue weighted by Gasteiger charge is -2.33. The highest BCUT2D eigenvalue weighted by molar-refractivity contribution is 6.30. The van der Waals surface area contributed by atoms with Crippen LogP contribution in [0.1, 0.15) is 35.2 Å². The van der Waals surface area contributed by atoms with E-state index >= 15 is 0 Å². The topological polar surface area (TPSA) is 36.4 Å². The minimum Gasteiger partial charge on any atom is -0.324 e. The number of benzene rings is 2. The zero-order valence-corrected chi connectivity index (χ0v) is 19.0. The van der Waals surface area contributed by atoms with Gasteiger partial charge < -0.3 is 4.90 Å². The SMILES string of the molecule is CN(C(=O)N1CCC(=C2c3ccc(Cl)cc3CCc3cccnc32)CC1)c1ccccc1. The summed E-state index contributed by atoms with van der Waals surface area (Å²) in [5, 5.41) is 0.774. The Morgan fingerprint density at radius 3 is 2.47 bits per heavy atom. The molecule has 5 rings (SSSR count). The van der Waals surface area contributed by atoms with E-state index in [4.69, 9.17) is 16.6 Å². The summed E-state index contributed by atoms with van der Waals surface area (Å²) in [7, 11) is 1.84. The Morgan fingerprint density at radius 2 is 1.69 bits per heavy atom. The highest BCUT2D eigenvalue weighted by Crippen LogP contribution is 2.38. The molecule has 2 aromatic carbocycles. The summed E-state index contributed by atoms with van der Waals surface area (Å²) in [6.45, 7) is 1.42. The van der Waals surface area contributed by atoms with E-state index in [0.29, 0.717) is 13.1 Å². The summed E-state index contributed by atoms with van der Waals surface area (Å²) in [5.41, 5.74) is 8.42. The first-order chi connectivity index (χ1) is 15.6. The normalized spacial score (nSPS) is 15.6. The second-order valence-corrected chi connectivity index (χ2v) is 8.89. The molecule has 0 spiro atoms. The number of nitrogens with zero attached hydrogens (tertiary/aromatic N) is 3. The number of carbonyl (C=O) groups is 1. The van der Waals surface area contributed by atoms with Gasteiger partial charge in [0, 0.05) is 42.6 Å². The number of halogens is 1. The number of pyridine rings is 1. The van der Waals surface area contributed by atoms with Gasteiger partial charge in [-0.05, 0) is 72.7 Å². The molecule has 0 bridgehead atoms. The molecule has 0 atom stereocenters. The fourth-order valence-corrected chi connectivity index (χ4v) is 5.02. The van der Waals surface area contributed by atoms with E-state index in [2.05, 4.69) is 18.2 Å². The quantitative estimate of drug-likeness (QED) is 0.463. The van der Waals surface area contributed by atoms with Crippen LogP contribution in [-0.2, 0) is 12.8 Å². The van der Waals surface area contributed by atoms with Gasteiger partial charge in [-0.2, -0.15) is 0 Å². The number of para-hydroxylation sites is 1. The Bertz CT molecular complexity index is 1180. The number of fused-ring (bicyclic) bond motifs is 2. The van der Waals surface area contributed by atoms with Gasteiger partial charge in [0.25, 0.3) is 0 Å². The average Bonchev–Trinajstić information content (AvgIpc) is 3.00. The number of aromatic nitrogens is 1. The van der Waals surface area contributed by atoms with Gasteiger partial charge in [0.2, 0.25) is 0 Å². The van der Waals surface area contributed by atoms with Crippen molar-refractivity contribution in [2.45, 2.75) is 25.7 Å². The smallest absolute Gasteiger partial charge is 0.324 e. The Hall–Kier alpha value is -3.11. The lowest BCUT2D eigenvalue weighted by Crippen LogP contribution is -2.44. The zero-order valence-electron chi connectivity index (χ0n) is 18.2. The average molecular weight is 444 g/mol. The van der Waals surface area contributed by atoms with Crippen molar-refractivity contribution in [3.8, 4) is 0 Å². The summed E-state index contributed by atoms with van der Waals surface area (Å²) in [4.78, 5) is 21.6. The van der Waals surface area contributed by atoms with Crippen LogP contribution in [0, 0.1) is 0 Å². The lowest BCUT2D eigenvalue weighted by atomic mass is 9.88. The minimum atomic E-state index is 0.0480. The molecule has 2 amide bonds. The van der Waals surface area contributed by atoms with Crippen LogP contribution >= 0.6 is 11.6 Å². The van der Waals surface area contributed by atoms with E-state index in [9.17, 15) is 4.79 Å².